The Morgan fingerprint density at radius 1 is 1.41 bits per heavy atom. The minimum Gasteiger partial charge on any atom is -0.462 e. The number of thiophene rings is 1. The summed E-state index contributed by atoms with van der Waals surface area (Å²) in [4.78, 5) is 25.4. The monoisotopic (exact) mass is 415 g/mol. The van der Waals surface area contributed by atoms with Gasteiger partial charge in [0.25, 0.3) is 0 Å². The standard InChI is InChI=1S/C19H26ClNO5S/c1-11(2)26-17(22)15-12(3)21-19(4,18(23)25-8-7-24-5)10-14(15)13-6-9-27-16(13)20/h6,9,11,14,21H,7-8,10H2,1-5H3. The number of hydrogen-bond acceptors (Lipinski definition) is 7. The fourth-order valence-electron chi connectivity index (χ4n) is 3.21. The van der Waals surface area contributed by atoms with Crippen LogP contribution >= 0.6 is 22.9 Å². The quantitative estimate of drug-likeness (QED) is 0.541. The molecule has 0 aliphatic carbocycles. The first-order valence-electron chi connectivity index (χ1n) is 8.78. The van der Waals surface area contributed by atoms with E-state index in [1.54, 1.807) is 34.8 Å². The summed E-state index contributed by atoms with van der Waals surface area (Å²) >= 11 is 7.75. The van der Waals surface area contributed by atoms with Crippen LogP contribution in [0.5, 0.6) is 0 Å². The van der Waals surface area contributed by atoms with Gasteiger partial charge in [-0.2, -0.15) is 0 Å². The fraction of sp³-hybridized carbons (Fsp3) is 0.579. The Hall–Kier alpha value is -1.57. The van der Waals surface area contributed by atoms with Crippen molar-refractivity contribution in [3.63, 3.8) is 0 Å². The molecule has 0 saturated heterocycles. The third kappa shape index (κ3) is 5.03. The Morgan fingerprint density at radius 2 is 2.11 bits per heavy atom. The van der Waals surface area contributed by atoms with E-state index in [0.29, 0.717) is 28.6 Å². The number of hydrogen-bond donors (Lipinski definition) is 1. The topological polar surface area (TPSA) is 73.9 Å². The van der Waals surface area contributed by atoms with Gasteiger partial charge in [0.1, 0.15) is 12.1 Å². The average molecular weight is 416 g/mol. The molecule has 0 bridgehead atoms. The van der Waals surface area contributed by atoms with Crippen LogP contribution in [0.1, 0.15) is 45.6 Å². The van der Waals surface area contributed by atoms with E-state index in [4.69, 9.17) is 25.8 Å². The van der Waals surface area contributed by atoms with Crippen molar-refractivity contribution in [3.8, 4) is 0 Å². The second-order valence-corrected chi connectivity index (χ2v) is 8.50. The molecule has 150 valence electrons. The molecular weight excluding hydrogens is 390 g/mol. The minimum absolute atomic E-state index is 0.168. The summed E-state index contributed by atoms with van der Waals surface area (Å²) in [6.45, 7) is 7.62. The molecule has 0 radical (unpaired) electrons. The minimum atomic E-state index is -0.991. The normalized spacial score (nSPS) is 22.6. The zero-order valence-electron chi connectivity index (χ0n) is 16.3. The van der Waals surface area contributed by atoms with E-state index < -0.39 is 17.5 Å². The lowest BCUT2D eigenvalue weighted by molar-refractivity contribution is -0.153. The van der Waals surface area contributed by atoms with Crippen molar-refractivity contribution in [2.75, 3.05) is 20.3 Å². The molecule has 0 fully saturated rings. The maximum atomic E-state index is 12.7. The summed E-state index contributed by atoms with van der Waals surface area (Å²) < 4.78 is 16.3. The van der Waals surface area contributed by atoms with Gasteiger partial charge in [-0.25, -0.2) is 9.59 Å². The maximum absolute atomic E-state index is 12.7. The number of allylic oxidation sites excluding steroid dienone is 1. The van der Waals surface area contributed by atoms with Crippen LogP contribution in [0, 0.1) is 0 Å². The van der Waals surface area contributed by atoms with Gasteiger partial charge >= 0.3 is 11.9 Å². The van der Waals surface area contributed by atoms with Crippen LogP contribution in [0.4, 0.5) is 0 Å². The van der Waals surface area contributed by atoms with E-state index in [0.717, 1.165) is 5.56 Å². The van der Waals surface area contributed by atoms with Crippen LogP contribution in [0.2, 0.25) is 4.34 Å². The number of halogens is 1. The van der Waals surface area contributed by atoms with Gasteiger partial charge in [0.05, 0.1) is 22.6 Å². The van der Waals surface area contributed by atoms with Crippen LogP contribution in [-0.4, -0.2) is 43.9 Å². The zero-order chi connectivity index (χ0) is 20.2. The van der Waals surface area contributed by atoms with Crippen LogP contribution < -0.4 is 5.32 Å². The molecule has 6 nitrogen and oxygen atoms in total. The van der Waals surface area contributed by atoms with E-state index in [9.17, 15) is 9.59 Å². The first kappa shape index (κ1) is 21.7. The first-order valence-corrected chi connectivity index (χ1v) is 10.0. The average Bonchev–Trinajstić information content (AvgIpc) is 2.99. The fourth-order valence-corrected chi connectivity index (χ4v) is 4.24. The van der Waals surface area contributed by atoms with Gasteiger partial charge in [-0.1, -0.05) is 11.6 Å². The van der Waals surface area contributed by atoms with Gasteiger partial charge in [0.15, 0.2) is 0 Å². The molecule has 2 heterocycles. The molecule has 1 aromatic heterocycles. The van der Waals surface area contributed by atoms with Crippen molar-refractivity contribution in [2.24, 2.45) is 0 Å². The predicted molar refractivity (Wildman–Crippen MR) is 105 cm³/mol. The Bertz CT molecular complexity index is 729. The third-order valence-corrected chi connectivity index (χ3v) is 5.58. The molecule has 1 N–H and O–H groups in total. The number of esters is 2. The molecule has 0 amide bonds. The van der Waals surface area contributed by atoms with Crippen molar-refractivity contribution in [3.05, 3.63) is 32.6 Å². The Morgan fingerprint density at radius 3 is 2.67 bits per heavy atom. The molecule has 0 spiro atoms. The number of carbonyl (C=O) groups excluding carboxylic acids is 2. The molecule has 2 unspecified atom stereocenters. The summed E-state index contributed by atoms with van der Waals surface area (Å²) in [7, 11) is 1.54. The summed E-state index contributed by atoms with van der Waals surface area (Å²) in [5, 5.41) is 5.03. The molecule has 1 aromatic rings. The smallest absolute Gasteiger partial charge is 0.336 e. The zero-order valence-corrected chi connectivity index (χ0v) is 17.8. The van der Waals surface area contributed by atoms with Gasteiger partial charge in [0.2, 0.25) is 0 Å². The van der Waals surface area contributed by atoms with E-state index in [1.165, 1.54) is 11.3 Å². The molecule has 1 aliphatic heterocycles. The molecule has 1 aliphatic rings. The predicted octanol–water partition coefficient (Wildman–Crippen LogP) is 3.65. The van der Waals surface area contributed by atoms with Crippen molar-refractivity contribution in [1.82, 2.24) is 5.32 Å². The Kier molecular flexibility index (Phi) is 7.31. The van der Waals surface area contributed by atoms with Gasteiger partial charge < -0.3 is 19.5 Å². The highest BCUT2D eigenvalue weighted by Gasteiger charge is 2.45. The Balaban J connectivity index is 2.39. The second kappa shape index (κ2) is 9.08. The van der Waals surface area contributed by atoms with Gasteiger partial charge in [0, 0.05) is 18.7 Å². The summed E-state index contributed by atoms with van der Waals surface area (Å²) in [6, 6.07) is 1.88. The number of ether oxygens (including phenoxy) is 3. The first-order chi connectivity index (χ1) is 12.7. The van der Waals surface area contributed by atoms with Crippen LogP contribution in [-0.2, 0) is 23.8 Å². The van der Waals surface area contributed by atoms with E-state index in [1.807, 2.05) is 11.4 Å². The maximum Gasteiger partial charge on any atom is 0.336 e. The molecule has 8 heteroatoms. The molecular formula is C19H26ClNO5S. The lowest BCUT2D eigenvalue weighted by atomic mass is 9.77. The lowest BCUT2D eigenvalue weighted by Gasteiger charge is -2.39. The van der Waals surface area contributed by atoms with Crippen LogP contribution in [0.3, 0.4) is 0 Å². The largest absolute Gasteiger partial charge is 0.462 e. The van der Waals surface area contributed by atoms with Crippen molar-refractivity contribution >= 4 is 34.9 Å². The number of carbonyl (C=O) groups is 2. The highest BCUT2D eigenvalue weighted by atomic mass is 35.5. The summed E-state index contributed by atoms with van der Waals surface area (Å²) in [6.07, 6.45) is 0.0820. The van der Waals surface area contributed by atoms with Gasteiger partial charge in [-0.05, 0) is 51.1 Å². The summed E-state index contributed by atoms with van der Waals surface area (Å²) in [5.74, 6) is -1.17. The van der Waals surface area contributed by atoms with Crippen molar-refractivity contribution in [1.29, 1.82) is 0 Å². The molecule has 2 rings (SSSR count). The highest BCUT2D eigenvalue weighted by Crippen LogP contribution is 2.43. The Labute approximate surface area is 168 Å². The molecule has 27 heavy (non-hydrogen) atoms. The van der Waals surface area contributed by atoms with Gasteiger partial charge in [-0.3, -0.25) is 0 Å². The van der Waals surface area contributed by atoms with Crippen molar-refractivity contribution in [2.45, 2.75) is 51.7 Å². The van der Waals surface area contributed by atoms with Crippen molar-refractivity contribution < 1.29 is 23.8 Å². The van der Waals surface area contributed by atoms with E-state index in [2.05, 4.69) is 5.32 Å². The molecule has 2 atom stereocenters. The number of nitrogens with one attached hydrogen (secondary N) is 1. The van der Waals surface area contributed by atoms with E-state index in [-0.39, 0.29) is 18.6 Å². The third-order valence-electron chi connectivity index (χ3n) is 4.38. The van der Waals surface area contributed by atoms with E-state index >= 15 is 0 Å². The number of rotatable bonds is 7. The lowest BCUT2D eigenvalue weighted by Crippen LogP contribution is -2.54. The SMILES string of the molecule is COCCOC(=O)C1(C)CC(c2ccsc2Cl)C(C(=O)OC(C)C)=C(C)N1. The van der Waals surface area contributed by atoms with Crippen LogP contribution in [0.25, 0.3) is 0 Å². The van der Waals surface area contributed by atoms with Crippen LogP contribution in [0.15, 0.2) is 22.7 Å². The second-order valence-electron chi connectivity index (χ2n) is 6.98. The highest BCUT2D eigenvalue weighted by molar-refractivity contribution is 7.14. The number of methoxy groups -OCH3 is 1. The molecule has 0 saturated carbocycles. The summed E-state index contributed by atoms with van der Waals surface area (Å²) in [5.41, 5.74) is 0.903. The molecule has 0 aromatic carbocycles. The van der Waals surface area contributed by atoms with Gasteiger partial charge in [-0.15, -0.1) is 11.3 Å².